The van der Waals surface area contributed by atoms with Crippen LogP contribution in [-0.2, 0) is 6.42 Å². The lowest BCUT2D eigenvalue weighted by Crippen LogP contribution is -2.28. The number of nitrogens with zero attached hydrogens (tertiary/aromatic N) is 2. The lowest BCUT2D eigenvalue weighted by Gasteiger charge is -2.12. The molecule has 0 aliphatic heterocycles. The molecule has 1 N–H and O–H groups in total. The van der Waals surface area contributed by atoms with Gasteiger partial charge in [0.05, 0.1) is 6.61 Å². The largest absolute Gasteiger partial charge is 0.478 e. The van der Waals surface area contributed by atoms with Crippen LogP contribution >= 0.6 is 0 Å². The Balaban J connectivity index is 2.71. The molecule has 0 aliphatic carbocycles. The maximum absolute atomic E-state index is 5.40. The van der Waals surface area contributed by atoms with Crippen LogP contribution in [0.15, 0.2) is 6.07 Å². The molecule has 4 heteroatoms. The molecule has 1 heterocycles. The molecule has 16 heavy (non-hydrogen) atoms. The van der Waals surface area contributed by atoms with Gasteiger partial charge in [0.1, 0.15) is 5.82 Å². The van der Waals surface area contributed by atoms with Crippen molar-refractivity contribution in [3.05, 3.63) is 17.6 Å². The summed E-state index contributed by atoms with van der Waals surface area (Å²) in [6.07, 6.45) is 0.900. The summed E-state index contributed by atoms with van der Waals surface area (Å²) in [5.41, 5.74) is 1.03. The van der Waals surface area contributed by atoms with E-state index in [0.717, 1.165) is 24.5 Å². The molecule has 1 unspecified atom stereocenters. The van der Waals surface area contributed by atoms with Crippen LogP contribution in [0.5, 0.6) is 5.88 Å². The van der Waals surface area contributed by atoms with Crippen molar-refractivity contribution in [1.82, 2.24) is 15.3 Å². The van der Waals surface area contributed by atoms with Crippen molar-refractivity contribution in [3.8, 4) is 5.88 Å². The third-order valence-electron chi connectivity index (χ3n) is 2.23. The van der Waals surface area contributed by atoms with E-state index in [1.54, 1.807) is 0 Å². The Kier molecular flexibility index (Phi) is 5.19. The molecular weight excluding hydrogens is 202 g/mol. The first kappa shape index (κ1) is 12.9. The lowest BCUT2D eigenvalue weighted by molar-refractivity contribution is 0.324. The normalized spacial score (nSPS) is 12.5. The molecule has 0 fully saturated rings. The van der Waals surface area contributed by atoms with E-state index in [2.05, 4.69) is 29.1 Å². The molecule has 1 aromatic rings. The third kappa shape index (κ3) is 4.14. The Morgan fingerprint density at radius 2 is 2.12 bits per heavy atom. The molecule has 0 radical (unpaired) electrons. The minimum absolute atomic E-state index is 0.425. The Labute approximate surface area is 97.5 Å². The summed E-state index contributed by atoms with van der Waals surface area (Å²) in [4.78, 5) is 8.63. The highest BCUT2D eigenvalue weighted by Gasteiger charge is 2.06. The van der Waals surface area contributed by atoms with Crippen LogP contribution in [0.2, 0.25) is 0 Å². The second kappa shape index (κ2) is 6.43. The molecule has 0 saturated carbocycles. The molecule has 1 rings (SSSR count). The number of rotatable bonds is 6. The second-order valence-corrected chi connectivity index (χ2v) is 3.84. The Bertz CT molecular complexity index is 328. The summed E-state index contributed by atoms with van der Waals surface area (Å²) in [5.74, 6) is 1.44. The predicted molar refractivity (Wildman–Crippen MR) is 64.8 cm³/mol. The first-order valence-electron chi connectivity index (χ1n) is 5.86. The van der Waals surface area contributed by atoms with Gasteiger partial charge in [0.2, 0.25) is 5.88 Å². The molecule has 0 aromatic carbocycles. The van der Waals surface area contributed by atoms with Crippen LogP contribution in [0.3, 0.4) is 0 Å². The molecule has 0 saturated heterocycles. The van der Waals surface area contributed by atoms with E-state index < -0.39 is 0 Å². The number of nitrogens with one attached hydrogen (secondary N) is 1. The van der Waals surface area contributed by atoms with Gasteiger partial charge < -0.3 is 10.1 Å². The fourth-order valence-electron chi connectivity index (χ4n) is 1.66. The number of likely N-dealkylation sites (N-methyl/N-ethyl adjacent to an activating group) is 1. The van der Waals surface area contributed by atoms with Gasteiger partial charge >= 0.3 is 0 Å². The molecule has 0 aliphatic rings. The van der Waals surface area contributed by atoms with Crippen LogP contribution in [0.1, 0.15) is 32.3 Å². The molecule has 90 valence electrons. The Morgan fingerprint density at radius 3 is 2.75 bits per heavy atom. The van der Waals surface area contributed by atoms with E-state index in [1.807, 2.05) is 19.9 Å². The van der Waals surface area contributed by atoms with E-state index in [4.69, 9.17) is 4.74 Å². The van der Waals surface area contributed by atoms with Gasteiger partial charge in [-0.15, -0.1) is 0 Å². The third-order valence-corrected chi connectivity index (χ3v) is 2.23. The van der Waals surface area contributed by atoms with E-state index in [1.165, 1.54) is 0 Å². The van der Waals surface area contributed by atoms with Gasteiger partial charge in [-0.3, -0.25) is 0 Å². The van der Waals surface area contributed by atoms with Crippen molar-refractivity contribution in [2.45, 2.75) is 40.2 Å². The molecule has 1 atom stereocenters. The number of ether oxygens (including phenoxy) is 1. The standard InChI is InChI=1S/C12H21N3O/c1-5-13-9(3)7-11-8-12(16-6-2)15-10(4)14-11/h8-9,13H,5-7H2,1-4H3. The maximum Gasteiger partial charge on any atom is 0.216 e. The summed E-state index contributed by atoms with van der Waals surface area (Å²) >= 11 is 0. The molecule has 4 nitrogen and oxygen atoms in total. The smallest absolute Gasteiger partial charge is 0.216 e. The van der Waals surface area contributed by atoms with E-state index in [0.29, 0.717) is 18.5 Å². The minimum Gasteiger partial charge on any atom is -0.478 e. The quantitative estimate of drug-likeness (QED) is 0.797. The van der Waals surface area contributed by atoms with E-state index >= 15 is 0 Å². The van der Waals surface area contributed by atoms with Crippen molar-refractivity contribution in [3.63, 3.8) is 0 Å². The van der Waals surface area contributed by atoms with Gasteiger partial charge in [0, 0.05) is 24.2 Å². The first-order chi connectivity index (χ1) is 7.65. The van der Waals surface area contributed by atoms with Crippen molar-refractivity contribution >= 4 is 0 Å². The van der Waals surface area contributed by atoms with Gasteiger partial charge in [-0.05, 0) is 27.3 Å². The number of hydrogen-bond donors (Lipinski definition) is 1. The van der Waals surface area contributed by atoms with Gasteiger partial charge in [-0.1, -0.05) is 6.92 Å². The average molecular weight is 223 g/mol. The SMILES string of the molecule is CCNC(C)Cc1cc(OCC)nc(C)n1. The van der Waals surface area contributed by atoms with Gasteiger partial charge in [-0.2, -0.15) is 4.98 Å². The first-order valence-corrected chi connectivity index (χ1v) is 5.86. The summed E-state index contributed by atoms with van der Waals surface area (Å²) in [5, 5.41) is 3.36. The van der Waals surface area contributed by atoms with E-state index in [9.17, 15) is 0 Å². The van der Waals surface area contributed by atoms with Gasteiger partial charge in [-0.25, -0.2) is 4.98 Å². The van der Waals surface area contributed by atoms with Gasteiger partial charge in [0.25, 0.3) is 0 Å². The van der Waals surface area contributed by atoms with Crippen molar-refractivity contribution in [2.24, 2.45) is 0 Å². The zero-order chi connectivity index (χ0) is 12.0. The average Bonchev–Trinajstić information content (AvgIpc) is 2.17. The summed E-state index contributed by atoms with van der Waals surface area (Å²) < 4.78 is 5.40. The maximum atomic E-state index is 5.40. The molecule has 0 spiro atoms. The lowest BCUT2D eigenvalue weighted by atomic mass is 10.2. The summed E-state index contributed by atoms with van der Waals surface area (Å²) in [6, 6.07) is 2.35. The van der Waals surface area contributed by atoms with Crippen molar-refractivity contribution in [2.75, 3.05) is 13.2 Å². The fraction of sp³-hybridized carbons (Fsp3) is 0.667. The highest BCUT2D eigenvalue weighted by atomic mass is 16.5. The number of hydrogen-bond acceptors (Lipinski definition) is 4. The van der Waals surface area contributed by atoms with Crippen LogP contribution in [0.4, 0.5) is 0 Å². The van der Waals surface area contributed by atoms with E-state index in [-0.39, 0.29) is 0 Å². The molecule has 0 amide bonds. The zero-order valence-electron chi connectivity index (χ0n) is 10.6. The number of aromatic nitrogens is 2. The van der Waals surface area contributed by atoms with Crippen molar-refractivity contribution < 1.29 is 4.74 Å². The number of aryl methyl sites for hydroxylation is 1. The van der Waals surface area contributed by atoms with Crippen LogP contribution in [0, 0.1) is 6.92 Å². The topological polar surface area (TPSA) is 47.0 Å². The molecule has 1 aromatic heterocycles. The summed E-state index contributed by atoms with van der Waals surface area (Å²) in [6.45, 7) is 9.72. The second-order valence-electron chi connectivity index (χ2n) is 3.84. The molecule has 0 bridgehead atoms. The fourth-order valence-corrected chi connectivity index (χ4v) is 1.66. The van der Waals surface area contributed by atoms with Crippen LogP contribution in [0.25, 0.3) is 0 Å². The predicted octanol–water partition coefficient (Wildman–Crippen LogP) is 1.72. The highest BCUT2D eigenvalue weighted by molar-refractivity contribution is 5.16. The van der Waals surface area contributed by atoms with Gasteiger partial charge in [0.15, 0.2) is 0 Å². The van der Waals surface area contributed by atoms with Crippen LogP contribution < -0.4 is 10.1 Å². The minimum atomic E-state index is 0.425. The monoisotopic (exact) mass is 223 g/mol. The summed E-state index contributed by atoms with van der Waals surface area (Å²) in [7, 11) is 0. The van der Waals surface area contributed by atoms with Crippen LogP contribution in [-0.4, -0.2) is 29.2 Å². The Morgan fingerprint density at radius 1 is 1.38 bits per heavy atom. The van der Waals surface area contributed by atoms with Crippen molar-refractivity contribution in [1.29, 1.82) is 0 Å². The highest BCUT2D eigenvalue weighted by Crippen LogP contribution is 2.10. The Hall–Kier alpha value is -1.16. The zero-order valence-corrected chi connectivity index (χ0v) is 10.6. The molecular formula is C12H21N3O.